The Hall–Kier alpha value is -1.51. The van der Waals surface area contributed by atoms with Crippen molar-refractivity contribution in [1.29, 1.82) is 5.26 Å². The van der Waals surface area contributed by atoms with Crippen LogP contribution in [0.2, 0.25) is 0 Å². The number of para-hydroxylation sites is 2. The Morgan fingerprint density at radius 2 is 2.28 bits per heavy atom. The van der Waals surface area contributed by atoms with Gasteiger partial charge >= 0.3 is 0 Å². The lowest BCUT2D eigenvalue weighted by Crippen LogP contribution is -2.43. The van der Waals surface area contributed by atoms with E-state index in [1.54, 1.807) is 0 Å². The molecule has 1 aromatic heterocycles. The van der Waals surface area contributed by atoms with Crippen molar-refractivity contribution in [2.24, 2.45) is 11.7 Å². The summed E-state index contributed by atoms with van der Waals surface area (Å²) >= 11 is 1.53. The van der Waals surface area contributed by atoms with Crippen molar-refractivity contribution in [2.45, 2.75) is 23.5 Å². The first-order valence-electron chi connectivity index (χ1n) is 5.99. The Bertz CT molecular complexity index is 578. The second-order valence-electron chi connectivity index (χ2n) is 4.77. The van der Waals surface area contributed by atoms with E-state index in [4.69, 9.17) is 5.73 Å². The molecule has 0 bridgehead atoms. The molecular weight excluding hydrogens is 244 g/mol. The predicted octanol–water partition coefficient (Wildman–Crippen LogP) is 2.29. The zero-order valence-electron chi connectivity index (χ0n) is 9.89. The van der Waals surface area contributed by atoms with Gasteiger partial charge in [-0.2, -0.15) is 5.26 Å². The molecule has 0 radical (unpaired) electrons. The molecule has 1 aliphatic rings. The molecule has 1 aliphatic carbocycles. The molecule has 3 N–H and O–H groups in total. The number of imidazole rings is 1. The number of nitrogens with one attached hydrogen (secondary N) is 1. The fraction of sp³-hybridized carbons (Fsp3) is 0.385. The number of hydrogen-bond acceptors (Lipinski definition) is 4. The summed E-state index contributed by atoms with van der Waals surface area (Å²) in [5.41, 5.74) is 7.39. The number of thioether (sulfide) groups is 1. The molecule has 5 heteroatoms. The van der Waals surface area contributed by atoms with Gasteiger partial charge in [0, 0.05) is 5.75 Å². The van der Waals surface area contributed by atoms with Gasteiger partial charge < -0.3 is 10.7 Å². The molecule has 2 aromatic rings. The van der Waals surface area contributed by atoms with Crippen molar-refractivity contribution < 1.29 is 0 Å². The van der Waals surface area contributed by atoms with Crippen LogP contribution in [-0.4, -0.2) is 21.3 Å². The van der Waals surface area contributed by atoms with Gasteiger partial charge in [0.2, 0.25) is 0 Å². The number of H-pyrrole nitrogens is 1. The van der Waals surface area contributed by atoms with E-state index >= 15 is 0 Å². The highest BCUT2D eigenvalue weighted by Gasteiger charge is 2.42. The Labute approximate surface area is 110 Å². The molecular formula is C13H14N4S. The van der Waals surface area contributed by atoms with Crippen molar-refractivity contribution in [3.05, 3.63) is 24.3 Å². The molecule has 0 saturated heterocycles. The molecule has 1 aromatic carbocycles. The number of hydrogen-bond donors (Lipinski definition) is 2. The minimum atomic E-state index is -0.705. The monoisotopic (exact) mass is 258 g/mol. The third-order valence-electron chi connectivity index (χ3n) is 3.33. The van der Waals surface area contributed by atoms with E-state index in [1.807, 2.05) is 24.3 Å². The van der Waals surface area contributed by atoms with Crippen molar-refractivity contribution in [1.82, 2.24) is 9.97 Å². The van der Waals surface area contributed by atoms with Crippen molar-refractivity contribution in [3.8, 4) is 6.07 Å². The van der Waals surface area contributed by atoms with E-state index in [2.05, 4.69) is 16.0 Å². The summed E-state index contributed by atoms with van der Waals surface area (Å²) in [6.45, 7) is 0. The maximum Gasteiger partial charge on any atom is 0.166 e. The number of benzene rings is 1. The lowest BCUT2D eigenvalue weighted by Gasteiger charge is -2.19. The van der Waals surface area contributed by atoms with Gasteiger partial charge in [0.15, 0.2) is 5.16 Å². The summed E-state index contributed by atoms with van der Waals surface area (Å²) in [7, 11) is 0. The Balaban J connectivity index is 1.75. The van der Waals surface area contributed by atoms with E-state index < -0.39 is 5.54 Å². The van der Waals surface area contributed by atoms with Gasteiger partial charge in [0.05, 0.1) is 17.1 Å². The number of fused-ring (bicyclic) bond motifs is 1. The van der Waals surface area contributed by atoms with Gasteiger partial charge in [-0.15, -0.1) is 0 Å². The Morgan fingerprint density at radius 1 is 1.50 bits per heavy atom. The van der Waals surface area contributed by atoms with Crippen LogP contribution in [0.5, 0.6) is 0 Å². The quantitative estimate of drug-likeness (QED) is 0.825. The first kappa shape index (κ1) is 11.6. The second-order valence-corrected chi connectivity index (χ2v) is 5.74. The van der Waals surface area contributed by atoms with Crippen LogP contribution < -0.4 is 5.73 Å². The van der Waals surface area contributed by atoms with Crippen molar-refractivity contribution in [3.63, 3.8) is 0 Å². The number of aromatic nitrogens is 2. The number of rotatable bonds is 4. The third kappa shape index (κ3) is 2.09. The predicted molar refractivity (Wildman–Crippen MR) is 72.1 cm³/mol. The highest BCUT2D eigenvalue weighted by molar-refractivity contribution is 7.99. The summed E-state index contributed by atoms with van der Waals surface area (Å²) in [6.07, 6.45) is 2.15. The summed E-state index contributed by atoms with van der Waals surface area (Å²) in [5, 5.41) is 10.0. The second kappa shape index (κ2) is 4.30. The fourth-order valence-corrected chi connectivity index (χ4v) is 3.05. The zero-order chi connectivity index (χ0) is 12.6. The van der Waals surface area contributed by atoms with Crippen LogP contribution in [0.25, 0.3) is 11.0 Å². The number of nitrogens with zero attached hydrogens (tertiary/aromatic N) is 2. The molecule has 1 heterocycles. The molecule has 1 saturated carbocycles. The van der Waals surface area contributed by atoms with Crippen LogP contribution in [0.4, 0.5) is 0 Å². The smallest absolute Gasteiger partial charge is 0.166 e. The molecule has 18 heavy (non-hydrogen) atoms. The third-order valence-corrected chi connectivity index (χ3v) is 4.42. The number of nitriles is 1. The van der Waals surface area contributed by atoms with E-state index in [0.29, 0.717) is 11.7 Å². The maximum absolute atomic E-state index is 9.19. The molecule has 1 unspecified atom stereocenters. The Kier molecular flexibility index (Phi) is 2.77. The van der Waals surface area contributed by atoms with Crippen LogP contribution in [0.3, 0.4) is 0 Å². The molecule has 0 aliphatic heterocycles. The largest absolute Gasteiger partial charge is 0.333 e. The topological polar surface area (TPSA) is 78.5 Å². The van der Waals surface area contributed by atoms with Crippen molar-refractivity contribution >= 4 is 22.8 Å². The molecule has 0 amide bonds. The van der Waals surface area contributed by atoms with Gasteiger partial charge in [-0.05, 0) is 30.9 Å². The number of nitrogens with two attached hydrogens (primary N) is 1. The lowest BCUT2D eigenvalue weighted by atomic mass is 10.00. The van der Waals surface area contributed by atoms with Gasteiger partial charge in [0.25, 0.3) is 0 Å². The van der Waals surface area contributed by atoms with Gasteiger partial charge in [0.1, 0.15) is 5.54 Å². The SMILES string of the molecule is N#CC(N)(CSc1nc2ccccc2[nH]1)C1CC1. The van der Waals surface area contributed by atoms with Crippen LogP contribution in [0.1, 0.15) is 12.8 Å². The highest BCUT2D eigenvalue weighted by Crippen LogP contribution is 2.40. The van der Waals surface area contributed by atoms with Gasteiger partial charge in [-0.25, -0.2) is 4.98 Å². The Morgan fingerprint density at radius 3 is 2.94 bits per heavy atom. The summed E-state index contributed by atoms with van der Waals surface area (Å²) < 4.78 is 0. The van der Waals surface area contributed by atoms with Crippen LogP contribution in [-0.2, 0) is 0 Å². The molecule has 0 spiro atoms. The summed E-state index contributed by atoms with van der Waals surface area (Å²) in [6, 6.07) is 10.2. The lowest BCUT2D eigenvalue weighted by molar-refractivity contribution is 0.532. The van der Waals surface area contributed by atoms with Crippen molar-refractivity contribution in [2.75, 3.05) is 5.75 Å². The molecule has 4 nitrogen and oxygen atoms in total. The number of aromatic amines is 1. The molecule has 1 fully saturated rings. The first-order chi connectivity index (χ1) is 8.71. The average Bonchev–Trinajstić information content (AvgIpc) is 3.16. The van der Waals surface area contributed by atoms with E-state index in [1.165, 1.54) is 11.8 Å². The van der Waals surface area contributed by atoms with E-state index in [9.17, 15) is 5.26 Å². The minimum absolute atomic E-state index is 0.361. The minimum Gasteiger partial charge on any atom is -0.333 e. The van der Waals surface area contributed by atoms with Gasteiger partial charge in [-0.1, -0.05) is 23.9 Å². The normalized spacial score (nSPS) is 18.4. The van der Waals surface area contributed by atoms with Crippen LogP contribution in [0.15, 0.2) is 29.4 Å². The molecule has 92 valence electrons. The summed E-state index contributed by atoms with van der Waals surface area (Å²) in [4.78, 5) is 7.71. The van der Waals surface area contributed by atoms with Crippen LogP contribution >= 0.6 is 11.8 Å². The highest BCUT2D eigenvalue weighted by atomic mass is 32.2. The first-order valence-corrected chi connectivity index (χ1v) is 6.97. The standard InChI is InChI=1S/C13H14N4S/c14-7-13(15,9-5-6-9)8-18-12-16-10-3-1-2-4-11(10)17-12/h1-4,9H,5-6,8,15H2,(H,16,17). The molecule has 3 rings (SSSR count). The average molecular weight is 258 g/mol. The van der Waals surface area contributed by atoms with E-state index in [-0.39, 0.29) is 0 Å². The zero-order valence-corrected chi connectivity index (χ0v) is 10.7. The van der Waals surface area contributed by atoms with Gasteiger partial charge in [-0.3, -0.25) is 0 Å². The van der Waals surface area contributed by atoms with E-state index in [0.717, 1.165) is 29.0 Å². The maximum atomic E-state index is 9.19. The fourth-order valence-electron chi connectivity index (χ4n) is 2.03. The molecule has 1 atom stereocenters. The summed E-state index contributed by atoms with van der Waals surface area (Å²) in [5.74, 6) is 0.952. The van der Waals surface area contributed by atoms with Crippen LogP contribution in [0, 0.1) is 17.2 Å².